The summed E-state index contributed by atoms with van der Waals surface area (Å²) in [5, 5.41) is 0.904. The zero-order chi connectivity index (χ0) is 22.2. The Morgan fingerprint density at radius 1 is 1.06 bits per heavy atom. The Morgan fingerprint density at radius 3 is 2.53 bits per heavy atom. The van der Waals surface area contributed by atoms with Gasteiger partial charge in [-0.15, -0.1) is 0 Å². The van der Waals surface area contributed by atoms with Gasteiger partial charge < -0.3 is 14.2 Å². The largest absolute Gasteiger partial charge is 0.497 e. The van der Waals surface area contributed by atoms with Crippen molar-refractivity contribution in [3.05, 3.63) is 92.7 Å². The van der Waals surface area contributed by atoms with Crippen LogP contribution in [-0.4, -0.2) is 24.5 Å². The topological polar surface area (TPSA) is 48.0 Å². The van der Waals surface area contributed by atoms with Crippen LogP contribution in [0.2, 0.25) is 10.0 Å². The molecule has 0 unspecified atom stereocenters. The molecule has 0 saturated carbocycles. The second-order valence-electron chi connectivity index (χ2n) is 7.60. The number of hydrogen-bond acceptors (Lipinski definition) is 5. The molecule has 162 valence electrons. The highest BCUT2D eigenvalue weighted by molar-refractivity contribution is 6.37. The van der Waals surface area contributed by atoms with Crippen LogP contribution in [0.3, 0.4) is 0 Å². The van der Waals surface area contributed by atoms with E-state index in [1.807, 2.05) is 30.3 Å². The summed E-state index contributed by atoms with van der Waals surface area (Å²) in [7, 11) is 1.65. The summed E-state index contributed by atoms with van der Waals surface area (Å²) < 4.78 is 17.2. The van der Waals surface area contributed by atoms with Crippen molar-refractivity contribution < 1.29 is 19.0 Å². The van der Waals surface area contributed by atoms with Crippen molar-refractivity contribution in [3.8, 4) is 17.2 Å². The molecule has 2 heterocycles. The van der Waals surface area contributed by atoms with E-state index in [2.05, 4.69) is 4.90 Å². The lowest BCUT2D eigenvalue weighted by Gasteiger charge is -2.29. The van der Waals surface area contributed by atoms with Crippen LogP contribution in [0.15, 0.2) is 60.4 Å². The zero-order valence-electron chi connectivity index (χ0n) is 17.2. The summed E-state index contributed by atoms with van der Waals surface area (Å²) in [6.07, 6.45) is 1.60. The summed E-state index contributed by atoms with van der Waals surface area (Å²) in [5.41, 5.74) is 3.05. The molecule has 32 heavy (non-hydrogen) atoms. The predicted octanol–water partition coefficient (Wildman–Crippen LogP) is 5.97. The molecular formula is C25H19Cl2NO4. The number of fused-ring (bicyclic) bond motifs is 3. The number of carbonyl (C=O) groups is 1. The number of ether oxygens (including phenoxy) is 3. The van der Waals surface area contributed by atoms with E-state index in [1.54, 1.807) is 37.5 Å². The number of rotatable bonds is 4. The quantitative estimate of drug-likeness (QED) is 0.442. The molecule has 0 saturated heterocycles. The molecule has 0 spiro atoms. The highest BCUT2D eigenvalue weighted by atomic mass is 35.5. The molecule has 5 nitrogen and oxygen atoms in total. The van der Waals surface area contributed by atoms with Crippen LogP contribution in [0.25, 0.3) is 6.08 Å². The fourth-order valence-electron chi connectivity index (χ4n) is 3.87. The van der Waals surface area contributed by atoms with Crippen LogP contribution in [0.5, 0.6) is 17.2 Å². The van der Waals surface area contributed by atoms with Crippen molar-refractivity contribution in [1.82, 2.24) is 4.90 Å². The van der Waals surface area contributed by atoms with Crippen LogP contribution in [0.4, 0.5) is 0 Å². The minimum atomic E-state index is -0.203. The van der Waals surface area contributed by atoms with Gasteiger partial charge in [0, 0.05) is 28.7 Å². The van der Waals surface area contributed by atoms with Gasteiger partial charge in [-0.05, 0) is 48.0 Å². The van der Waals surface area contributed by atoms with Crippen molar-refractivity contribution >= 4 is 35.1 Å². The maximum absolute atomic E-state index is 13.0. The van der Waals surface area contributed by atoms with Crippen LogP contribution in [0, 0.1) is 0 Å². The maximum Gasteiger partial charge on any atom is 0.231 e. The number of halogens is 2. The fourth-order valence-corrected chi connectivity index (χ4v) is 4.38. The summed E-state index contributed by atoms with van der Waals surface area (Å²) in [6.45, 7) is 1.74. The second-order valence-corrected chi connectivity index (χ2v) is 8.42. The molecule has 0 aromatic heterocycles. The monoisotopic (exact) mass is 467 g/mol. The number of benzene rings is 3. The first-order valence-electron chi connectivity index (χ1n) is 10.1. The van der Waals surface area contributed by atoms with Crippen molar-refractivity contribution in [2.75, 3.05) is 13.8 Å². The standard InChI is InChI=1S/C25H19Cl2NO4/c1-30-16-7-5-15(6-8-16)12-28-13-19-22(31-14-28)10-9-17-24(29)23(32-25(17)19)11-18-20(26)3-2-4-21(18)27/h2-11H,12-14H2,1H3/b23-11-. The SMILES string of the molecule is COc1ccc(CN2COc3ccc4c(c3C2)O/C(=C\c2c(Cl)cccc2Cl)C4=O)cc1. The van der Waals surface area contributed by atoms with Gasteiger partial charge in [-0.2, -0.15) is 0 Å². The highest BCUT2D eigenvalue weighted by Gasteiger charge is 2.33. The average Bonchev–Trinajstić information content (AvgIpc) is 3.13. The molecule has 2 aliphatic heterocycles. The van der Waals surface area contributed by atoms with Gasteiger partial charge in [0.05, 0.1) is 18.2 Å². The van der Waals surface area contributed by atoms with E-state index in [0.29, 0.717) is 46.7 Å². The van der Waals surface area contributed by atoms with Crippen molar-refractivity contribution in [1.29, 1.82) is 0 Å². The maximum atomic E-state index is 13.0. The zero-order valence-corrected chi connectivity index (χ0v) is 18.7. The summed E-state index contributed by atoms with van der Waals surface area (Å²) in [5.74, 6) is 2.05. The fraction of sp³-hybridized carbons (Fsp3) is 0.160. The Balaban J connectivity index is 1.42. The smallest absolute Gasteiger partial charge is 0.231 e. The van der Waals surface area contributed by atoms with E-state index >= 15 is 0 Å². The molecule has 5 rings (SSSR count). The van der Waals surface area contributed by atoms with Gasteiger partial charge in [0.15, 0.2) is 5.76 Å². The molecule has 0 amide bonds. The van der Waals surface area contributed by atoms with E-state index in [4.69, 9.17) is 37.4 Å². The molecule has 0 bridgehead atoms. The Kier molecular flexibility index (Phi) is 5.55. The molecule has 0 fully saturated rings. The molecular weight excluding hydrogens is 449 g/mol. The number of methoxy groups -OCH3 is 1. The first-order valence-corrected chi connectivity index (χ1v) is 10.8. The lowest BCUT2D eigenvalue weighted by atomic mass is 10.0. The lowest BCUT2D eigenvalue weighted by Crippen LogP contribution is -2.31. The third kappa shape index (κ3) is 3.84. The van der Waals surface area contributed by atoms with Gasteiger partial charge >= 0.3 is 0 Å². The number of nitrogens with zero attached hydrogens (tertiary/aromatic N) is 1. The number of carbonyl (C=O) groups excluding carboxylic acids is 1. The van der Waals surface area contributed by atoms with E-state index in [9.17, 15) is 4.79 Å². The number of Topliss-reactive ketones (excluding diaryl/α,β-unsaturated/α-hetero) is 1. The summed E-state index contributed by atoms with van der Waals surface area (Å²) >= 11 is 12.5. The number of hydrogen-bond donors (Lipinski definition) is 0. The number of ketones is 1. The Morgan fingerprint density at radius 2 is 1.81 bits per heavy atom. The van der Waals surface area contributed by atoms with E-state index in [0.717, 1.165) is 22.6 Å². The second kappa shape index (κ2) is 8.51. The van der Waals surface area contributed by atoms with Crippen LogP contribution < -0.4 is 14.2 Å². The molecule has 3 aromatic rings. The molecule has 0 radical (unpaired) electrons. The minimum absolute atomic E-state index is 0.190. The highest BCUT2D eigenvalue weighted by Crippen LogP contribution is 2.42. The molecule has 0 N–H and O–H groups in total. The normalized spacial score (nSPS) is 16.3. The molecule has 7 heteroatoms. The van der Waals surface area contributed by atoms with Gasteiger partial charge in [-0.25, -0.2) is 0 Å². The van der Waals surface area contributed by atoms with E-state index in [1.165, 1.54) is 0 Å². The van der Waals surface area contributed by atoms with Gasteiger partial charge in [-0.3, -0.25) is 9.69 Å². The Hall–Kier alpha value is -2.99. The Labute approximate surface area is 195 Å². The predicted molar refractivity (Wildman–Crippen MR) is 124 cm³/mol. The van der Waals surface area contributed by atoms with Crippen molar-refractivity contribution in [2.24, 2.45) is 0 Å². The van der Waals surface area contributed by atoms with E-state index in [-0.39, 0.29) is 11.5 Å². The van der Waals surface area contributed by atoms with Crippen molar-refractivity contribution in [3.63, 3.8) is 0 Å². The van der Waals surface area contributed by atoms with E-state index < -0.39 is 0 Å². The average molecular weight is 468 g/mol. The van der Waals surface area contributed by atoms with Crippen LogP contribution in [0.1, 0.15) is 27.0 Å². The summed E-state index contributed by atoms with van der Waals surface area (Å²) in [4.78, 5) is 15.1. The first-order chi connectivity index (χ1) is 15.5. The minimum Gasteiger partial charge on any atom is -0.497 e. The van der Waals surface area contributed by atoms with Gasteiger partial charge in [0.2, 0.25) is 5.78 Å². The van der Waals surface area contributed by atoms with Crippen molar-refractivity contribution in [2.45, 2.75) is 13.1 Å². The van der Waals surface area contributed by atoms with Gasteiger partial charge in [0.25, 0.3) is 0 Å². The molecule has 0 atom stereocenters. The molecule has 0 aliphatic carbocycles. The van der Waals surface area contributed by atoms with Crippen LogP contribution in [-0.2, 0) is 13.1 Å². The van der Waals surface area contributed by atoms with Crippen LogP contribution >= 0.6 is 23.2 Å². The third-order valence-electron chi connectivity index (χ3n) is 5.52. The van der Waals surface area contributed by atoms with Gasteiger partial charge in [0.1, 0.15) is 24.0 Å². The first kappa shape index (κ1) is 20.9. The third-order valence-corrected chi connectivity index (χ3v) is 6.18. The molecule has 3 aromatic carbocycles. The Bertz CT molecular complexity index is 1220. The summed E-state index contributed by atoms with van der Waals surface area (Å²) in [6, 6.07) is 16.7. The van der Waals surface area contributed by atoms with Gasteiger partial charge in [-0.1, -0.05) is 41.4 Å². The number of allylic oxidation sites excluding steroid dienone is 1. The lowest BCUT2D eigenvalue weighted by molar-refractivity contribution is 0.0872. The molecule has 2 aliphatic rings.